The molecule has 1 fully saturated rings. The second-order valence-electron chi connectivity index (χ2n) is 3.20. The van der Waals surface area contributed by atoms with E-state index in [-0.39, 0.29) is 0 Å². The fourth-order valence-electron chi connectivity index (χ4n) is 1.58. The molecule has 0 bridgehead atoms. The molecule has 13 heavy (non-hydrogen) atoms. The van der Waals surface area contributed by atoms with Gasteiger partial charge in [0.15, 0.2) is 5.75 Å². The van der Waals surface area contributed by atoms with Crippen LogP contribution in [0.3, 0.4) is 0 Å². The van der Waals surface area contributed by atoms with Gasteiger partial charge < -0.3 is 9.47 Å². The van der Waals surface area contributed by atoms with E-state index in [0.717, 1.165) is 31.8 Å². The van der Waals surface area contributed by atoms with Gasteiger partial charge in [0.2, 0.25) is 0 Å². The highest BCUT2D eigenvalue weighted by Crippen LogP contribution is 2.21. The normalized spacial score (nSPS) is 18.8. The second-order valence-corrected chi connectivity index (χ2v) is 3.20. The maximum absolute atomic E-state index is 5.28. The Hall–Kier alpha value is -1.03. The monoisotopic (exact) mass is 182 g/mol. The summed E-state index contributed by atoms with van der Waals surface area (Å²) in [6.07, 6.45) is 5.78. The van der Waals surface area contributed by atoms with Crippen molar-refractivity contribution in [3.63, 3.8) is 0 Å². The third kappa shape index (κ3) is 1.83. The van der Waals surface area contributed by atoms with Crippen molar-refractivity contribution in [1.29, 1.82) is 0 Å². The van der Waals surface area contributed by atoms with Crippen LogP contribution in [-0.4, -0.2) is 30.1 Å². The Morgan fingerprint density at radius 1 is 1.54 bits per heavy atom. The molecule has 1 saturated heterocycles. The molecule has 0 N–H and O–H groups in total. The van der Waals surface area contributed by atoms with Crippen LogP contribution < -0.4 is 4.74 Å². The average molecular weight is 182 g/mol. The molecule has 0 unspecified atom stereocenters. The molecule has 0 spiro atoms. The van der Waals surface area contributed by atoms with Gasteiger partial charge in [-0.2, -0.15) is 5.10 Å². The predicted octanol–water partition coefficient (Wildman–Crippen LogP) is 1.24. The quantitative estimate of drug-likeness (QED) is 0.690. The summed E-state index contributed by atoms with van der Waals surface area (Å²) in [5.74, 6) is 0.825. The Bertz CT molecular complexity index is 266. The van der Waals surface area contributed by atoms with Crippen molar-refractivity contribution >= 4 is 0 Å². The molecule has 0 atom stereocenters. The summed E-state index contributed by atoms with van der Waals surface area (Å²) in [6.45, 7) is 1.68. The van der Waals surface area contributed by atoms with Gasteiger partial charge in [-0.25, -0.2) is 0 Å². The van der Waals surface area contributed by atoms with Gasteiger partial charge in [-0.15, -0.1) is 0 Å². The molecule has 4 nitrogen and oxygen atoms in total. The number of hydrogen-bond donors (Lipinski definition) is 0. The summed E-state index contributed by atoms with van der Waals surface area (Å²) in [5.41, 5.74) is 0. The first kappa shape index (κ1) is 8.56. The van der Waals surface area contributed by atoms with Gasteiger partial charge in [0.1, 0.15) is 0 Å². The lowest BCUT2D eigenvalue weighted by Crippen LogP contribution is -2.19. The van der Waals surface area contributed by atoms with Crippen LogP contribution in [-0.2, 0) is 4.74 Å². The van der Waals surface area contributed by atoms with Crippen molar-refractivity contribution in [3.05, 3.63) is 12.4 Å². The Balaban J connectivity index is 2.05. The van der Waals surface area contributed by atoms with Gasteiger partial charge in [0.05, 0.1) is 25.5 Å². The summed E-state index contributed by atoms with van der Waals surface area (Å²) < 4.78 is 12.3. The van der Waals surface area contributed by atoms with Crippen LogP contribution in [0.15, 0.2) is 12.4 Å². The van der Waals surface area contributed by atoms with Gasteiger partial charge in [-0.1, -0.05) is 0 Å². The average Bonchev–Trinajstić information content (AvgIpc) is 2.67. The van der Waals surface area contributed by atoms with Gasteiger partial charge >= 0.3 is 0 Å². The van der Waals surface area contributed by atoms with Crippen molar-refractivity contribution in [2.45, 2.75) is 18.9 Å². The van der Waals surface area contributed by atoms with E-state index >= 15 is 0 Å². The fourth-order valence-corrected chi connectivity index (χ4v) is 1.58. The van der Waals surface area contributed by atoms with E-state index in [1.54, 1.807) is 13.3 Å². The van der Waals surface area contributed by atoms with Gasteiger partial charge in [0.25, 0.3) is 0 Å². The first-order valence-electron chi connectivity index (χ1n) is 4.56. The molecule has 2 heterocycles. The van der Waals surface area contributed by atoms with Crippen LogP contribution in [0, 0.1) is 0 Å². The van der Waals surface area contributed by atoms with Crippen molar-refractivity contribution in [1.82, 2.24) is 9.78 Å². The fraction of sp³-hybridized carbons (Fsp3) is 0.667. The van der Waals surface area contributed by atoms with Gasteiger partial charge in [-0.05, 0) is 12.8 Å². The van der Waals surface area contributed by atoms with Crippen LogP contribution in [0.2, 0.25) is 0 Å². The summed E-state index contributed by atoms with van der Waals surface area (Å²) >= 11 is 0. The predicted molar refractivity (Wildman–Crippen MR) is 47.9 cm³/mol. The second kappa shape index (κ2) is 3.79. The lowest BCUT2D eigenvalue weighted by atomic mass is 10.1. The maximum atomic E-state index is 5.28. The highest BCUT2D eigenvalue weighted by molar-refractivity contribution is 5.11. The van der Waals surface area contributed by atoms with Crippen LogP contribution in [0.1, 0.15) is 18.9 Å². The van der Waals surface area contributed by atoms with Gasteiger partial charge in [0, 0.05) is 13.2 Å². The molecular weight excluding hydrogens is 168 g/mol. The number of aromatic nitrogens is 2. The lowest BCUT2D eigenvalue weighted by Gasteiger charge is -2.21. The minimum atomic E-state index is 0.484. The Labute approximate surface area is 77.4 Å². The number of rotatable bonds is 2. The third-order valence-corrected chi connectivity index (χ3v) is 2.38. The Morgan fingerprint density at radius 2 is 2.31 bits per heavy atom. The van der Waals surface area contributed by atoms with Crippen LogP contribution in [0.4, 0.5) is 0 Å². The Morgan fingerprint density at radius 3 is 2.92 bits per heavy atom. The number of nitrogens with zero attached hydrogens (tertiary/aromatic N) is 2. The summed E-state index contributed by atoms with van der Waals surface area (Å²) in [5, 5.41) is 4.25. The van der Waals surface area contributed by atoms with E-state index in [9.17, 15) is 0 Å². The summed E-state index contributed by atoms with van der Waals surface area (Å²) in [4.78, 5) is 0. The molecule has 0 aromatic carbocycles. The minimum Gasteiger partial charge on any atom is -0.493 e. The van der Waals surface area contributed by atoms with E-state index in [4.69, 9.17) is 9.47 Å². The molecule has 1 aromatic heterocycles. The van der Waals surface area contributed by atoms with E-state index in [1.807, 2.05) is 10.9 Å². The standard InChI is InChI=1S/C9H14N2O2/c1-12-9-6-10-11(7-9)8-2-4-13-5-3-8/h6-8H,2-5H2,1H3. The van der Waals surface area contributed by atoms with Crippen molar-refractivity contribution in [2.75, 3.05) is 20.3 Å². The molecule has 1 aromatic rings. The highest BCUT2D eigenvalue weighted by Gasteiger charge is 2.16. The van der Waals surface area contributed by atoms with E-state index < -0.39 is 0 Å². The Kier molecular flexibility index (Phi) is 2.49. The SMILES string of the molecule is COc1cnn(C2CCOCC2)c1. The van der Waals surface area contributed by atoms with E-state index in [2.05, 4.69) is 5.10 Å². The molecule has 1 aliphatic rings. The van der Waals surface area contributed by atoms with Gasteiger partial charge in [-0.3, -0.25) is 4.68 Å². The molecular formula is C9H14N2O2. The highest BCUT2D eigenvalue weighted by atomic mass is 16.5. The lowest BCUT2D eigenvalue weighted by molar-refractivity contribution is 0.0662. The van der Waals surface area contributed by atoms with Crippen LogP contribution in [0.5, 0.6) is 5.75 Å². The number of methoxy groups -OCH3 is 1. The molecule has 4 heteroatoms. The topological polar surface area (TPSA) is 36.3 Å². The molecule has 0 saturated carbocycles. The zero-order valence-electron chi connectivity index (χ0n) is 7.77. The van der Waals surface area contributed by atoms with Crippen molar-refractivity contribution < 1.29 is 9.47 Å². The largest absolute Gasteiger partial charge is 0.493 e. The first-order chi connectivity index (χ1) is 6.40. The third-order valence-electron chi connectivity index (χ3n) is 2.38. The summed E-state index contributed by atoms with van der Waals surface area (Å²) in [6, 6.07) is 0.484. The zero-order valence-corrected chi connectivity index (χ0v) is 7.77. The molecule has 2 rings (SSSR count). The van der Waals surface area contributed by atoms with Crippen molar-refractivity contribution in [2.24, 2.45) is 0 Å². The number of ether oxygens (including phenoxy) is 2. The van der Waals surface area contributed by atoms with Crippen molar-refractivity contribution in [3.8, 4) is 5.75 Å². The molecule has 72 valence electrons. The molecule has 0 radical (unpaired) electrons. The van der Waals surface area contributed by atoms with E-state index in [0.29, 0.717) is 6.04 Å². The van der Waals surface area contributed by atoms with E-state index in [1.165, 1.54) is 0 Å². The zero-order chi connectivity index (χ0) is 9.10. The number of hydrogen-bond acceptors (Lipinski definition) is 3. The maximum Gasteiger partial charge on any atom is 0.156 e. The minimum absolute atomic E-state index is 0.484. The van der Waals surface area contributed by atoms with Crippen LogP contribution in [0.25, 0.3) is 0 Å². The molecule has 1 aliphatic heterocycles. The summed E-state index contributed by atoms with van der Waals surface area (Å²) in [7, 11) is 1.66. The molecule has 0 amide bonds. The van der Waals surface area contributed by atoms with Crippen LogP contribution >= 0.6 is 0 Å². The smallest absolute Gasteiger partial charge is 0.156 e. The molecule has 0 aliphatic carbocycles. The first-order valence-corrected chi connectivity index (χ1v) is 4.56.